The summed E-state index contributed by atoms with van der Waals surface area (Å²) in [5.74, 6) is 0.873. The maximum atomic E-state index is 12.6. The number of carbonyl (C=O) groups excluding carboxylic acids is 2. The minimum atomic E-state index is -0.395. The Labute approximate surface area is 168 Å². The Balaban J connectivity index is 0.00000364. The lowest BCUT2D eigenvalue weighted by atomic mass is 9.86. The Kier molecular flexibility index (Phi) is 9.06. The Bertz CT molecular complexity index is 604. The summed E-state index contributed by atoms with van der Waals surface area (Å²) in [6.45, 7) is 7.69. The fraction of sp³-hybridized carbons (Fsp3) is 0.600. The molecule has 1 aromatic rings. The molecule has 0 radical (unpaired) electrons. The molecule has 1 fully saturated rings. The lowest BCUT2D eigenvalue weighted by Crippen LogP contribution is -2.57. The van der Waals surface area contributed by atoms with E-state index in [0.717, 1.165) is 0 Å². The highest BCUT2D eigenvalue weighted by Crippen LogP contribution is 2.21. The van der Waals surface area contributed by atoms with E-state index in [2.05, 4.69) is 19.2 Å². The van der Waals surface area contributed by atoms with Crippen molar-refractivity contribution in [3.63, 3.8) is 0 Å². The number of hydrogen-bond donors (Lipinski definition) is 2. The third-order valence-corrected chi connectivity index (χ3v) is 5.43. The van der Waals surface area contributed by atoms with Crippen molar-refractivity contribution in [1.29, 1.82) is 0 Å². The third kappa shape index (κ3) is 6.40. The van der Waals surface area contributed by atoms with Crippen LogP contribution >= 0.6 is 12.4 Å². The molecular weight excluding hydrogens is 366 g/mol. The van der Waals surface area contributed by atoms with E-state index < -0.39 is 5.54 Å². The van der Waals surface area contributed by atoms with Gasteiger partial charge < -0.3 is 20.7 Å². The highest BCUT2D eigenvalue weighted by Gasteiger charge is 2.33. The molecule has 1 aliphatic heterocycles. The molecule has 6 nitrogen and oxygen atoms in total. The zero-order valence-electron chi connectivity index (χ0n) is 16.4. The van der Waals surface area contributed by atoms with Crippen LogP contribution in [0.1, 0.15) is 33.6 Å². The molecule has 27 heavy (non-hydrogen) atoms. The Morgan fingerprint density at radius 2 is 1.85 bits per heavy atom. The van der Waals surface area contributed by atoms with Gasteiger partial charge in [0, 0.05) is 25.6 Å². The van der Waals surface area contributed by atoms with Crippen molar-refractivity contribution >= 4 is 24.2 Å². The fourth-order valence-corrected chi connectivity index (χ4v) is 2.96. The molecule has 1 aromatic carbocycles. The van der Waals surface area contributed by atoms with Gasteiger partial charge in [0.2, 0.25) is 5.91 Å². The van der Waals surface area contributed by atoms with Crippen LogP contribution in [-0.4, -0.2) is 48.5 Å². The van der Waals surface area contributed by atoms with Crippen LogP contribution in [0.2, 0.25) is 0 Å². The highest BCUT2D eigenvalue weighted by atomic mass is 35.5. The van der Waals surface area contributed by atoms with Gasteiger partial charge >= 0.3 is 0 Å². The summed E-state index contributed by atoms with van der Waals surface area (Å²) in [7, 11) is 0. The van der Waals surface area contributed by atoms with Crippen molar-refractivity contribution in [2.75, 3.05) is 26.2 Å². The SMILES string of the molecule is CC(C)C(C)(CN)NC(=O)C1CCN(C(=O)COc2ccccc2)CC1.Cl. The average Bonchev–Trinajstić information content (AvgIpc) is 2.66. The number of halogens is 1. The first-order chi connectivity index (χ1) is 12.4. The van der Waals surface area contributed by atoms with Crippen molar-refractivity contribution < 1.29 is 14.3 Å². The van der Waals surface area contributed by atoms with Gasteiger partial charge in [-0.05, 0) is 37.8 Å². The van der Waals surface area contributed by atoms with Gasteiger partial charge in [0.05, 0.1) is 5.54 Å². The van der Waals surface area contributed by atoms with E-state index >= 15 is 0 Å². The second kappa shape index (κ2) is 10.5. The van der Waals surface area contributed by atoms with E-state index in [-0.39, 0.29) is 42.7 Å². The first-order valence-corrected chi connectivity index (χ1v) is 9.33. The number of rotatable bonds is 7. The van der Waals surface area contributed by atoms with Gasteiger partial charge in [0.25, 0.3) is 5.91 Å². The van der Waals surface area contributed by atoms with Crippen LogP contribution in [0, 0.1) is 11.8 Å². The summed E-state index contributed by atoms with van der Waals surface area (Å²) in [5, 5.41) is 3.11. The van der Waals surface area contributed by atoms with E-state index in [9.17, 15) is 9.59 Å². The zero-order valence-corrected chi connectivity index (χ0v) is 17.3. The lowest BCUT2D eigenvalue weighted by molar-refractivity contribution is -0.137. The number of carbonyl (C=O) groups is 2. The Hall–Kier alpha value is -1.79. The number of nitrogens with one attached hydrogen (secondary N) is 1. The molecule has 2 amide bonds. The van der Waals surface area contributed by atoms with Gasteiger partial charge in [-0.15, -0.1) is 12.4 Å². The topological polar surface area (TPSA) is 84.7 Å². The predicted molar refractivity (Wildman–Crippen MR) is 109 cm³/mol. The van der Waals surface area contributed by atoms with Crippen molar-refractivity contribution in [1.82, 2.24) is 10.2 Å². The monoisotopic (exact) mass is 397 g/mol. The van der Waals surface area contributed by atoms with Crippen LogP contribution in [0.25, 0.3) is 0 Å². The predicted octanol–water partition coefficient (Wildman–Crippen LogP) is 2.22. The molecule has 1 saturated heterocycles. The fourth-order valence-electron chi connectivity index (χ4n) is 2.96. The van der Waals surface area contributed by atoms with Crippen molar-refractivity contribution in [3.8, 4) is 5.75 Å². The number of para-hydroxylation sites is 1. The quantitative estimate of drug-likeness (QED) is 0.738. The maximum absolute atomic E-state index is 12.6. The van der Waals surface area contributed by atoms with Crippen LogP contribution < -0.4 is 15.8 Å². The molecule has 0 spiro atoms. The van der Waals surface area contributed by atoms with E-state index in [0.29, 0.717) is 38.2 Å². The second-order valence-electron chi connectivity index (χ2n) is 7.52. The molecule has 152 valence electrons. The van der Waals surface area contributed by atoms with E-state index in [1.807, 2.05) is 37.3 Å². The average molecular weight is 398 g/mol. The smallest absolute Gasteiger partial charge is 0.260 e. The van der Waals surface area contributed by atoms with Crippen molar-refractivity contribution in [3.05, 3.63) is 30.3 Å². The molecular formula is C20H32ClN3O3. The first-order valence-electron chi connectivity index (χ1n) is 9.33. The molecule has 1 atom stereocenters. The third-order valence-electron chi connectivity index (χ3n) is 5.43. The van der Waals surface area contributed by atoms with Crippen LogP contribution in [0.4, 0.5) is 0 Å². The van der Waals surface area contributed by atoms with Gasteiger partial charge in [-0.3, -0.25) is 9.59 Å². The number of nitrogens with zero attached hydrogens (tertiary/aromatic N) is 1. The minimum Gasteiger partial charge on any atom is -0.484 e. The summed E-state index contributed by atoms with van der Waals surface area (Å²) in [5.41, 5.74) is 5.45. The van der Waals surface area contributed by atoms with Gasteiger partial charge in [0.15, 0.2) is 6.61 Å². The summed E-state index contributed by atoms with van der Waals surface area (Å²) in [6, 6.07) is 9.30. The number of amides is 2. The standard InChI is InChI=1S/C20H31N3O3.ClH/c1-15(2)20(3,14-21)22-19(25)16-9-11-23(12-10-16)18(24)13-26-17-7-5-4-6-8-17;/h4-8,15-16H,9-14,21H2,1-3H3,(H,22,25);1H. The molecule has 0 aromatic heterocycles. The van der Waals surface area contributed by atoms with Crippen molar-refractivity contribution in [2.24, 2.45) is 17.6 Å². The summed E-state index contributed by atoms with van der Waals surface area (Å²) in [6.07, 6.45) is 1.34. The summed E-state index contributed by atoms with van der Waals surface area (Å²) in [4.78, 5) is 26.6. The van der Waals surface area contributed by atoms with Crippen LogP contribution in [0.15, 0.2) is 30.3 Å². The number of hydrogen-bond acceptors (Lipinski definition) is 4. The van der Waals surface area contributed by atoms with Crippen LogP contribution in [0.5, 0.6) is 5.75 Å². The number of piperidine rings is 1. The number of nitrogens with two attached hydrogens (primary N) is 1. The van der Waals surface area contributed by atoms with E-state index in [1.165, 1.54) is 0 Å². The molecule has 2 rings (SSSR count). The summed E-state index contributed by atoms with van der Waals surface area (Å²) < 4.78 is 5.52. The first kappa shape index (κ1) is 23.2. The largest absolute Gasteiger partial charge is 0.484 e. The van der Waals surface area contributed by atoms with Crippen molar-refractivity contribution in [2.45, 2.75) is 39.2 Å². The van der Waals surface area contributed by atoms with Gasteiger partial charge in [-0.1, -0.05) is 32.0 Å². The lowest BCUT2D eigenvalue weighted by Gasteiger charge is -2.37. The molecule has 0 saturated carbocycles. The molecule has 7 heteroatoms. The normalized spacial score (nSPS) is 17.0. The van der Waals surface area contributed by atoms with Crippen LogP contribution in [0.3, 0.4) is 0 Å². The van der Waals surface area contributed by atoms with Crippen LogP contribution in [-0.2, 0) is 9.59 Å². The molecule has 3 N–H and O–H groups in total. The minimum absolute atomic E-state index is 0. The van der Waals surface area contributed by atoms with Gasteiger partial charge in [-0.25, -0.2) is 0 Å². The van der Waals surface area contributed by atoms with Gasteiger partial charge in [-0.2, -0.15) is 0 Å². The Morgan fingerprint density at radius 3 is 2.37 bits per heavy atom. The number of likely N-dealkylation sites (tertiary alicyclic amines) is 1. The molecule has 1 aliphatic rings. The molecule has 0 bridgehead atoms. The molecule has 1 heterocycles. The van der Waals surface area contributed by atoms with E-state index in [1.54, 1.807) is 4.90 Å². The van der Waals surface area contributed by atoms with Gasteiger partial charge in [0.1, 0.15) is 5.75 Å². The zero-order chi connectivity index (χ0) is 19.2. The maximum Gasteiger partial charge on any atom is 0.260 e. The number of benzene rings is 1. The molecule has 0 aliphatic carbocycles. The number of ether oxygens (including phenoxy) is 1. The second-order valence-corrected chi connectivity index (χ2v) is 7.52. The molecule has 1 unspecified atom stereocenters. The highest BCUT2D eigenvalue weighted by molar-refractivity contribution is 5.85. The summed E-state index contributed by atoms with van der Waals surface area (Å²) >= 11 is 0. The Morgan fingerprint density at radius 1 is 1.26 bits per heavy atom. The van der Waals surface area contributed by atoms with E-state index in [4.69, 9.17) is 10.5 Å².